The number of aryl methyl sites for hydroxylation is 1. The van der Waals surface area contributed by atoms with E-state index in [9.17, 15) is 9.59 Å². The maximum Gasteiger partial charge on any atom is 0.330 e. The number of nitrogens with zero attached hydrogens (tertiary/aromatic N) is 6. The van der Waals surface area contributed by atoms with Crippen molar-refractivity contribution >= 4 is 16.9 Å². The minimum Gasteiger partial charge on any atom is -0.471 e. The zero-order valence-electron chi connectivity index (χ0n) is 23.4. The number of aromatic nitrogens is 5. The van der Waals surface area contributed by atoms with Gasteiger partial charge in [0.05, 0.1) is 18.6 Å². The fourth-order valence-electron chi connectivity index (χ4n) is 7.01. The van der Waals surface area contributed by atoms with Crippen LogP contribution in [0, 0.1) is 0 Å². The van der Waals surface area contributed by atoms with Crippen molar-refractivity contribution in [1.29, 1.82) is 0 Å². The zero-order valence-corrected chi connectivity index (χ0v) is 23.4. The molecular weight excluding hydrogens is 500 g/mol. The Morgan fingerprint density at radius 2 is 1.92 bits per heavy atom. The fraction of sp³-hybridized carbons (Fsp3) is 0.679. The molecule has 0 radical (unpaired) electrons. The van der Waals surface area contributed by atoms with E-state index in [0.29, 0.717) is 48.2 Å². The highest BCUT2D eigenvalue weighted by atomic mass is 16.5. The topological polar surface area (TPSA) is 118 Å². The molecule has 0 aromatic carbocycles. The van der Waals surface area contributed by atoms with Crippen LogP contribution in [-0.2, 0) is 35.0 Å². The predicted octanol–water partition coefficient (Wildman–Crippen LogP) is 3.01. The molecule has 2 fully saturated rings. The lowest BCUT2D eigenvalue weighted by Crippen LogP contribution is -2.41. The van der Waals surface area contributed by atoms with Gasteiger partial charge in [0.2, 0.25) is 17.5 Å². The van der Waals surface area contributed by atoms with Crippen LogP contribution in [0.1, 0.15) is 69.5 Å². The number of imidazole rings is 1. The molecule has 0 amide bonds. The van der Waals surface area contributed by atoms with Crippen molar-refractivity contribution < 1.29 is 18.8 Å². The second-order valence-electron chi connectivity index (χ2n) is 11.4. The number of likely N-dealkylation sites (N-methyl/N-ethyl adjacent to an activating group) is 1. The maximum absolute atomic E-state index is 13.3. The van der Waals surface area contributed by atoms with Crippen molar-refractivity contribution in [2.75, 3.05) is 27.3 Å². The molecule has 1 saturated carbocycles. The molecule has 11 heteroatoms. The van der Waals surface area contributed by atoms with Gasteiger partial charge in [-0.05, 0) is 65.5 Å². The average molecular weight is 539 g/mol. The van der Waals surface area contributed by atoms with Crippen molar-refractivity contribution in [3.63, 3.8) is 0 Å². The summed E-state index contributed by atoms with van der Waals surface area (Å²) in [6, 6.07) is 0.251. The fourth-order valence-corrected chi connectivity index (χ4v) is 7.01. The minimum atomic E-state index is -0.564. The highest BCUT2D eigenvalue weighted by molar-refractivity contribution is 5.91. The standard InChI is InChI=1S/C28H38N6O5/c1-17(19-10-8-14-32(19)2)38-26-21-25(34(15-16-37-4)27(36)33(21)3)29-24(30-26)22-18-9-7-13-28(23(18)31-39-22)12-6-5-11-20(28)35/h17,19H,5-16H2,1-4H3/t17-,19-,28+/m0/s1. The molecule has 210 valence electrons. The molecule has 1 spiro atoms. The van der Waals surface area contributed by atoms with Crippen LogP contribution in [0.5, 0.6) is 5.88 Å². The number of fused-ring (bicyclic) bond motifs is 3. The van der Waals surface area contributed by atoms with Gasteiger partial charge in [-0.25, -0.2) is 9.78 Å². The Balaban J connectivity index is 1.49. The number of hydrogen-bond acceptors (Lipinski definition) is 9. The molecule has 1 aliphatic heterocycles. The van der Waals surface area contributed by atoms with E-state index in [1.54, 1.807) is 23.3 Å². The Bertz CT molecular complexity index is 1460. The van der Waals surface area contributed by atoms with Crippen molar-refractivity contribution in [2.24, 2.45) is 7.05 Å². The number of hydrogen-bond donors (Lipinski definition) is 0. The van der Waals surface area contributed by atoms with Gasteiger partial charge in [0.1, 0.15) is 17.6 Å². The first-order valence-electron chi connectivity index (χ1n) is 14.2. The third kappa shape index (κ3) is 4.21. The molecule has 3 aromatic heterocycles. The summed E-state index contributed by atoms with van der Waals surface area (Å²) < 4.78 is 20.9. The number of carbonyl (C=O) groups excluding carboxylic acids is 1. The van der Waals surface area contributed by atoms with E-state index in [4.69, 9.17) is 24.0 Å². The molecule has 3 aliphatic rings. The van der Waals surface area contributed by atoms with Crippen molar-refractivity contribution in [3.8, 4) is 17.5 Å². The van der Waals surface area contributed by atoms with Crippen molar-refractivity contribution in [2.45, 2.75) is 88.8 Å². The molecule has 0 N–H and O–H groups in total. The van der Waals surface area contributed by atoms with E-state index >= 15 is 0 Å². The van der Waals surface area contributed by atoms with Gasteiger partial charge in [-0.1, -0.05) is 11.6 Å². The Morgan fingerprint density at radius 3 is 2.67 bits per heavy atom. The van der Waals surface area contributed by atoms with Crippen molar-refractivity contribution in [1.82, 2.24) is 29.2 Å². The monoisotopic (exact) mass is 538 g/mol. The lowest BCUT2D eigenvalue weighted by Gasteiger charge is -2.37. The summed E-state index contributed by atoms with van der Waals surface area (Å²) in [5.41, 5.74) is 1.90. The highest BCUT2D eigenvalue weighted by Crippen LogP contribution is 2.47. The van der Waals surface area contributed by atoms with E-state index < -0.39 is 5.41 Å². The molecule has 3 atom stereocenters. The van der Waals surface area contributed by atoms with Gasteiger partial charge in [0.25, 0.3) is 0 Å². The summed E-state index contributed by atoms with van der Waals surface area (Å²) in [5.74, 6) is 1.41. The number of ether oxygens (including phenoxy) is 2. The Labute approximate surface area is 227 Å². The number of carbonyl (C=O) groups is 1. The second kappa shape index (κ2) is 10.2. The van der Waals surface area contributed by atoms with Crippen molar-refractivity contribution in [3.05, 3.63) is 21.7 Å². The third-order valence-electron chi connectivity index (χ3n) is 9.14. The number of rotatable bonds is 7. The van der Waals surface area contributed by atoms with Gasteiger partial charge in [0, 0.05) is 32.2 Å². The average Bonchev–Trinajstić information content (AvgIpc) is 3.62. The molecule has 6 rings (SSSR count). The zero-order chi connectivity index (χ0) is 27.3. The van der Waals surface area contributed by atoms with E-state index in [-0.39, 0.29) is 23.6 Å². The summed E-state index contributed by atoms with van der Waals surface area (Å²) in [4.78, 5) is 38.5. The van der Waals surface area contributed by atoms with Crippen LogP contribution in [0.25, 0.3) is 22.7 Å². The Hall–Kier alpha value is -3.05. The van der Waals surface area contributed by atoms with Crippen LogP contribution in [0.15, 0.2) is 9.32 Å². The summed E-state index contributed by atoms with van der Waals surface area (Å²) in [5, 5.41) is 4.48. The molecule has 4 heterocycles. The van der Waals surface area contributed by atoms with Gasteiger partial charge in [0.15, 0.2) is 11.2 Å². The SMILES string of the molecule is COCCn1c(=O)n(C)c2c(O[C@@H](C)[C@@H]3CCCN3C)nc(-c3onc4c3CCC[C@@]43CCCCC3=O)nc21. The number of likely N-dealkylation sites (tertiary alicyclic amines) is 1. The summed E-state index contributed by atoms with van der Waals surface area (Å²) in [7, 11) is 5.43. The normalized spacial score (nSPS) is 24.5. The summed E-state index contributed by atoms with van der Waals surface area (Å²) >= 11 is 0. The van der Waals surface area contributed by atoms with Gasteiger partial charge in [-0.15, -0.1) is 0 Å². The lowest BCUT2D eigenvalue weighted by molar-refractivity contribution is -0.127. The first kappa shape index (κ1) is 26.2. The van der Waals surface area contributed by atoms with E-state index in [0.717, 1.165) is 69.2 Å². The van der Waals surface area contributed by atoms with Crippen LogP contribution in [0.4, 0.5) is 0 Å². The molecule has 0 bridgehead atoms. The van der Waals surface area contributed by atoms with Crippen LogP contribution in [0.2, 0.25) is 0 Å². The molecule has 1 saturated heterocycles. The molecular formula is C28H38N6O5. The molecule has 0 unspecified atom stereocenters. The largest absolute Gasteiger partial charge is 0.471 e. The number of methoxy groups -OCH3 is 1. The van der Waals surface area contributed by atoms with Gasteiger partial charge in [-0.3, -0.25) is 18.8 Å². The first-order valence-corrected chi connectivity index (χ1v) is 14.2. The minimum absolute atomic E-state index is 0.146. The number of Topliss-reactive ketones (excluding diaryl/α,β-unsaturated/α-hetero) is 1. The first-order chi connectivity index (χ1) is 18.9. The maximum atomic E-state index is 13.3. The summed E-state index contributed by atoms with van der Waals surface area (Å²) in [6.45, 7) is 3.78. The van der Waals surface area contributed by atoms with Crippen LogP contribution >= 0.6 is 0 Å². The number of ketones is 1. The Morgan fingerprint density at radius 1 is 1.10 bits per heavy atom. The predicted molar refractivity (Wildman–Crippen MR) is 144 cm³/mol. The summed E-state index contributed by atoms with van der Waals surface area (Å²) in [6.07, 6.45) is 7.79. The van der Waals surface area contributed by atoms with Gasteiger partial charge < -0.3 is 14.0 Å². The van der Waals surface area contributed by atoms with E-state index in [1.807, 2.05) is 0 Å². The van der Waals surface area contributed by atoms with Gasteiger partial charge >= 0.3 is 5.69 Å². The smallest absolute Gasteiger partial charge is 0.330 e. The van der Waals surface area contributed by atoms with Crippen LogP contribution in [-0.4, -0.2) is 74.4 Å². The molecule has 11 nitrogen and oxygen atoms in total. The Kier molecular flexibility index (Phi) is 6.83. The molecule has 3 aromatic rings. The van der Waals surface area contributed by atoms with Gasteiger partial charge in [-0.2, -0.15) is 4.98 Å². The highest BCUT2D eigenvalue weighted by Gasteiger charge is 2.48. The lowest BCUT2D eigenvalue weighted by atomic mass is 9.64. The van der Waals surface area contributed by atoms with E-state index in [2.05, 4.69) is 24.0 Å². The quantitative estimate of drug-likeness (QED) is 0.447. The molecule has 2 aliphatic carbocycles. The van der Waals surface area contributed by atoms with E-state index in [1.165, 1.54) is 0 Å². The third-order valence-corrected chi connectivity index (χ3v) is 9.14. The molecule has 39 heavy (non-hydrogen) atoms. The van der Waals surface area contributed by atoms with Crippen LogP contribution < -0.4 is 10.4 Å². The van der Waals surface area contributed by atoms with Crippen LogP contribution in [0.3, 0.4) is 0 Å². The second-order valence-corrected chi connectivity index (χ2v) is 11.4.